The minimum atomic E-state index is -0.347. The monoisotopic (exact) mass is 524 g/mol. The molecule has 8 heteroatoms. The molecule has 0 radical (unpaired) electrons. The maximum atomic E-state index is 10.3. The molecule has 2 aliphatic heterocycles. The van der Waals surface area contributed by atoms with Gasteiger partial charge in [0.25, 0.3) is 5.91 Å². The number of hydrogen-bond acceptors (Lipinski definition) is 7. The number of nitrogens with two attached hydrogens (primary N) is 2. The van der Waals surface area contributed by atoms with Crippen molar-refractivity contribution in [3.8, 4) is 22.5 Å². The summed E-state index contributed by atoms with van der Waals surface area (Å²) in [5.41, 5.74) is 18.6. The third-order valence-corrected chi connectivity index (χ3v) is 7.61. The maximum Gasteiger partial charge on any atom is 0.256 e. The Bertz CT molecular complexity index is 1460. The van der Waals surface area contributed by atoms with E-state index in [0.29, 0.717) is 10.6 Å². The number of hydrogen-bond donors (Lipinski definition) is 3. The number of nitrogens with zero attached hydrogens (tertiary/aromatic N) is 3. The number of nitrogen functional groups attached to an aromatic ring is 1. The first kappa shape index (κ1) is 25.8. The van der Waals surface area contributed by atoms with Gasteiger partial charge in [0.05, 0.1) is 33.2 Å². The summed E-state index contributed by atoms with van der Waals surface area (Å²) in [6.07, 6.45) is 2.93. The Labute approximate surface area is 227 Å². The Morgan fingerprint density at radius 3 is 2.32 bits per heavy atom. The van der Waals surface area contributed by atoms with Crippen LogP contribution >= 0.6 is 11.8 Å². The molecule has 4 aromatic rings. The van der Waals surface area contributed by atoms with Gasteiger partial charge < -0.3 is 16.8 Å². The van der Waals surface area contributed by atoms with Crippen LogP contribution < -0.4 is 16.8 Å². The fourth-order valence-corrected chi connectivity index (χ4v) is 5.33. The number of rotatable bonds is 5. The Morgan fingerprint density at radius 2 is 1.71 bits per heavy atom. The Hall–Kier alpha value is -3.88. The molecule has 5 N–H and O–H groups in total. The molecule has 0 spiro atoms. The number of amides is 1. The van der Waals surface area contributed by atoms with Gasteiger partial charge in [-0.1, -0.05) is 73.3 Å². The van der Waals surface area contributed by atoms with E-state index in [9.17, 15) is 4.79 Å². The largest absolute Gasteiger partial charge is 0.399 e. The molecule has 3 heterocycles. The topological polar surface area (TPSA) is 110 Å². The van der Waals surface area contributed by atoms with Crippen molar-refractivity contribution in [3.05, 3.63) is 89.5 Å². The first-order valence-electron chi connectivity index (χ1n) is 12.8. The third kappa shape index (κ3) is 6.15. The summed E-state index contributed by atoms with van der Waals surface area (Å²) in [5, 5.41) is 2.85. The molecule has 0 bridgehead atoms. The maximum absolute atomic E-state index is 10.3. The highest BCUT2D eigenvalue weighted by atomic mass is 32.2. The minimum Gasteiger partial charge on any atom is -0.399 e. The van der Waals surface area contributed by atoms with E-state index in [1.165, 1.54) is 36.8 Å². The summed E-state index contributed by atoms with van der Waals surface area (Å²) < 4.78 is 0. The van der Waals surface area contributed by atoms with E-state index in [2.05, 4.69) is 53.5 Å². The fourth-order valence-electron chi connectivity index (χ4n) is 4.70. The molecular formula is C30H32N6OS. The van der Waals surface area contributed by atoms with Crippen molar-refractivity contribution in [2.75, 3.05) is 24.7 Å². The van der Waals surface area contributed by atoms with Gasteiger partial charge in [-0.25, -0.2) is 9.97 Å². The quantitative estimate of drug-likeness (QED) is 0.315. The minimum absolute atomic E-state index is 0.347. The molecule has 1 atom stereocenters. The van der Waals surface area contributed by atoms with Gasteiger partial charge >= 0.3 is 0 Å². The molecule has 0 unspecified atom stereocenters. The van der Waals surface area contributed by atoms with Gasteiger partial charge in [-0.3, -0.25) is 9.69 Å². The fraction of sp³-hybridized carbons (Fsp3) is 0.233. The lowest BCUT2D eigenvalue weighted by atomic mass is 10.0. The molecular weight excluding hydrogens is 492 g/mol. The Kier molecular flexibility index (Phi) is 7.91. The van der Waals surface area contributed by atoms with E-state index in [0.717, 1.165) is 51.9 Å². The summed E-state index contributed by atoms with van der Waals surface area (Å²) in [5.74, 6) is 1.22. The second-order valence-electron chi connectivity index (χ2n) is 9.73. The molecule has 7 nitrogen and oxygen atoms in total. The number of carbonyl (C=O) groups is 1. The number of likely N-dealkylation sites (tertiary alicyclic amines) is 1. The molecule has 194 valence electrons. The normalized spacial score (nSPS) is 17.0. The lowest BCUT2D eigenvalue weighted by molar-refractivity contribution is -0.113. The lowest BCUT2D eigenvalue weighted by Gasteiger charge is -2.16. The first-order valence-corrected chi connectivity index (χ1v) is 13.8. The van der Waals surface area contributed by atoms with Crippen LogP contribution in [0.15, 0.2) is 83.9 Å². The molecule has 1 saturated heterocycles. The van der Waals surface area contributed by atoms with E-state index in [-0.39, 0.29) is 5.91 Å². The number of anilines is 1. The van der Waals surface area contributed by atoms with Crippen molar-refractivity contribution in [3.63, 3.8) is 0 Å². The van der Waals surface area contributed by atoms with Crippen LogP contribution in [0.2, 0.25) is 0 Å². The SMILES string of the molecule is C[C@@H]1CCN(Cc2ccc(-c3nc4cc(N)ccc4nc3-c3ccccc3)cc2)C1.NC(=O)C1=CNCS1. The van der Waals surface area contributed by atoms with Gasteiger partial charge in [-0.15, -0.1) is 0 Å². The summed E-state index contributed by atoms with van der Waals surface area (Å²) >= 11 is 1.43. The van der Waals surface area contributed by atoms with Gasteiger partial charge in [-0.2, -0.15) is 0 Å². The van der Waals surface area contributed by atoms with Crippen LogP contribution in [0.3, 0.4) is 0 Å². The number of primary amides is 1. The highest BCUT2D eigenvalue weighted by Crippen LogP contribution is 2.32. The highest BCUT2D eigenvalue weighted by Gasteiger charge is 2.19. The first-order chi connectivity index (χ1) is 18.5. The number of aromatic nitrogens is 2. The molecule has 1 amide bonds. The van der Waals surface area contributed by atoms with Gasteiger partial charge in [0.2, 0.25) is 0 Å². The number of nitrogens with one attached hydrogen (secondary N) is 1. The predicted molar refractivity (Wildman–Crippen MR) is 157 cm³/mol. The van der Waals surface area contributed by atoms with Crippen LogP contribution in [-0.2, 0) is 11.3 Å². The number of benzene rings is 3. The van der Waals surface area contributed by atoms with Gasteiger partial charge in [0, 0.05) is 36.1 Å². The highest BCUT2D eigenvalue weighted by molar-refractivity contribution is 8.04. The van der Waals surface area contributed by atoms with Crippen LogP contribution in [0.1, 0.15) is 18.9 Å². The average molecular weight is 525 g/mol. The van der Waals surface area contributed by atoms with Crippen molar-refractivity contribution >= 4 is 34.4 Å². The van der Waals surface area contributed by atoms with Crippen LogP contribution in [0.25, 0.3) is 33.5 Å². The van der Waals surface area contributed by atoms with Crippen molar-refractivity contribution < 1.29 is 4.79 Å². The molecule has 6 rings (SSSR count). The molecule has 1 fully saturated rings. The van der Waals surface area contributed by atoms with Crippen LogP contribution in [0.4, 0.5) is 5.69 Å². The van der Waals surface area contributed by atoms with Gasteiger partial charge in [-0.05, 0) is 42.6 Å². The number of carbonyl (C=O) groups excluding carboxylic acids is 1. The van der Waals surface area contributed by atoms with Gasteiger partial charge in [0.1, 0.15) is 0 Å². The smallest absolute Gasteiger partial charge is 0.256 e. The van der Waals surface area contributed by atoms with E-state index < -0.39 is 0 Å². The zero-order valence-electron chi connectivity index (χ0n) is 21.4. The number of fused-ring (bicyclic) bond motifs is 1. The Balaban J connectivity index is 0.000000316. The summed E-state index contributed by atoms with van der Waals surface area (Å²) in [7, 11) is 0. The van der Waals surface area contributed by atoms with Crippen LogP contribution in [0, 0.1) is 5.92 Å². The van der Waals surface area contributed by atoms with E-state index in [1.54, 1.807) is 6.20 Å². The van der Waals surface area contributed by atoms with E-state index in [1.807, 2.05) is 36.4 Å². The molecule has 38 heavy (non-hydrogen) atoms. The molecule has 2 aliphatic rings. The van der Waals surface area contributed by atoms with E-state index >= 15 is 0 Å². The van der Waals surface area contributed by atoms with Crippen molar-refractivity contribution in [1.29, 1.82) is 0 Å². The molecule has 0 saturated carbocycles. The summed E-state index contributed by atoms with van der Waals surface area (Å²) in [6.45, 7) is 5.73. The van der Waals surface area contributed by atoms with Gasteiger partial charge in [0.15, 0.2) is 0 Å². The van der Waals surface area contributed by atoms with Crippen molar-refractivity contribution in [2.24, 2.45) is 11.7 Å². The number of thioether (sulfide) groups is 1. The van der Waals surface area contributed by atoms with E-state index in [4.69, 9.17) is 21.4 Å². The second kappa shape index (κ2) is 11.7. The third-order valence-electron chi connectivity index (χ3n) is 6.66. The van der Waals surface area contributed by atoms with Crippen molar-refractivity contribution in [1.82, 2.24) is 20.2 Å². The second-order valence-corrected chi connectivity index (χ2v) is 10.7. The zero-order chi connectivity index (χ0) is 26.5. The zero-order valence-corrected chi connectivity index (χ0v) is 22.2. The standard InChI is InChI=1S/C26H26N4.C4H6N2OS/c1-18-13-14-30(16-18)17-19-7-9-21(10-8-19)26-25(20-5-3-2-4-6-20)28-23-12-11-22(27)15-24(23)29-26;5-4(7)3-1-6-2-8-3/h2-12,15,18H,13-14,16-17,27H2,1H3;1,6H,2H2,(H2,5,7)/t18-;/m1./s1. The van der Waals surface area contributed by atoms with Crippen molar-refractivity contribution in [2.45, 2.75) is 19.9 Å². The van der Waals surface area contributed by atoms with Crippen LogP contribution in [0.5, 0.6) is 0 Å². The molecule has 1 aromatic heterocycles. The Morgan fingerprint density at radius 1 is 1.00 bits per heavy atom. The summed E-state index contributed by atoms with van der Waals surface area (Å²) in [4.78, 5) is 23.4. The molecule has 3 aromatic carbocycles. The van der Waals surface area contributed by atoms with Crippen LogP contribution in [-0.4, -0.2) is 39.7 Å². The molecule has 0 aliphatic carbocycles. The lowest BCUT2D eigenvalue weighted by Crippen LogP contribution is -2.19. The predicted octanol–water partition coefficient (Wildman–Crippen LogP) is 4.99. The summed E-state index contributed by atoms with van der Waals surface area (Å²) in [6, 6.07) is 24.7. The average Bonchev–Trinajstić information content (AvgIpc) is 3.62.